The van der Waals surface area contributed by atoms with Gasteiger partial charge >= 0.3 is 0 Å². The van der Waals surface area contributed by atoms with E-state index in [2.05, 4.69) is 33.8 Å². The van der Waals surface area contributed by atoms with Gasteiger partial charge in [0.15, 0.2) is 5.16 Å². The van der Waals surface area contributed by atoms with E-state index in [-0.39, 0.29) is 11.2 Å². The molecule has 2 heterocycles. The summed E-state index contributed by atoms with van der Waals surface area (Å²) in [5.74, 6) is 0.190. The molecule has 2 fully saturated rings. The molecular weight excluding hydrogens is 308 g/mol. The fraction of sp³-hybridized carbons (Fsp3) is 0.471. The number of aromatic nitrogens is 3. The van der Waals surface area contributed by atoms with Gasteiger partial charge in [-0.2, -0.15) is 0 Å². The van der Waals surface area contributed by atoms with Crippen LogP contribution in [0.5, 0.6) is 0 Å². The Kier molecular flexibility index (Phi) is 3.85. The first kappa shape index (κ1) is 14.8. The van der Waals surface area contributed by atoms with Gasteiger partial charge in [-0.3, -0.25) is 4.79 Å². The quantitative estimate of drug-likeness (QED) is 0.865. The zero-order valence-corrected chi connectivity index (χ0v) is 14.0. The summed E-state index contributed by atoms with van der Waals surface area (Å²) in [4.78, 5) is 14.8. The van der Waals surface area contributed by atoms with Crippen LogP contribution in [0.25, 0.3) is 0 Å². The van der Waals surface area contributed by atoms with Crippen LogP contribution in [0.15, 0.2) is 35.7 Å². The third kappa shape index (κ3) is 3.00. The van der Waals surface area contributed by atoms with Crippen molar-refractivity contribution in [1.82, 2.24) is 14.8 Å². The van der Waals surface area contributed by atoms with Gasteiger partial charge in [-0.05, 0) is 44.7 Å². The number of amides is 1. The monoisotopic (exact) mass is 328 g/mol. The van der Waals surface area contributed by atoms with E-state index in [0.29, 0.717) is 6.04 Å². The Labute approximate surface area is 140 Å². The summed E-state index contributed by atoms with van der Waals surface area (Å²) in [5, 5.41) is 9.07. The van der Waals surface area contributed by atoms with Crippen molar-refractivity contribution in [2.45, 2.75) is 49.1 Å². The molecule has 5 nitrogen and oxygen atoms in total. The summed E-state index contributed by atoms with van der Waals surface area (Å²) in [6, 6.07) is 8.73. The molecule has 120 valence electrons. The molecule has 23 heavy (non-hydrogen) atoms. The van der Waals surface area contributed by atoms with E-state index in [0.717, 1.165) is 30.2 Å². The van der Waals surface area contributed by atoms with E-state index >= 15 is 0 Å². The van der Waals surface area contributed by atoms with Crippen molar-refractivity contribution in [3.63, 3.8) is 0 Å². The maximum atomic E-state index is 12.9. The van der Waals surface area contributed by atoms with Gasteiger partial charge in [0.1, 0.15) is 6.33 Å². The molecule has 1 aromatic carbocycles. The number of benzene rings is 1. The third-order valence-corrected chi connectivity index (χ3v) is 5.69. The van der Waals surface area contributed by atoms with Crippen molar-refractivity contribution >= 4 is 23.4 Å². The molecule has 1 saturated carbocycles. The van der Waals surface area contributed by atoms with Gasteiger partial charge < -0.3 is 9.47 Å². The highest BCUT2D eigenvalue weighted by molar-refractivity contribution is 8.00. The van der Waals surface area contributed by atoms with Crippen LogP contribution in [0.1, 0.15) is 37.3 Å². The molecule has 0 N–H and O–H groups in total. The lowest BCUT2D eigenvalue weighted by atomic mass is 10.1. The van der Waals surface area contributed by atoms with Crippen molar-refractivity contribution < 1.29 is 4.79 Å². The van der Waals surface area contributed by atoms with E-state index in [1.165, 1.54) is 18.4 Å². The lowest BCUT2D eigenvalue weighted by molar-refractivity contribution is -0.119. The molecule has 0 unspecified atom stereocenters. The molecule has 0 spiro atoms. The van der Waals surface area contributed by atoms with Crippen LogP contribution in [0.3, 0.4) is 0 Å². The first-order chi connectivity index (χ1) is 11.2. The molecule has 1 aromatic heterocycles. The summed E-state index contributed by atoms with van der Waals surface area (Å²) < 4.78 is 2.13. The molecule has 1 amide bonds. The van der Waals surface area contributed by atoms with E-state index in [9.17, 15) is 4.79 Å². The number of aryl methyl sites for hydroxylation is 1. The SMILES string of the molecule is Cc1ccc(N2CCC[C@H](Sc3nncn3C3CC3)C2=O)cc1. The molecule has 1 saturated heterocycles. The number of hydrogen-bond acceptors (Lipinski definition) is 4. The minimum atomic E-state index is -0.0632. The second kappa shape index (κ2) is 6.00. The normalized spacial score (nSPS) is 21.7. The highest BCUT2D eigenvalue weighted by Crippen LogP contribution is 2.39. The van der Waals surface area contributed by atoms with Gasteiger partial charge in [-0.25, -0.2) is 0 Å². The first-order valence-electron chi connectivity index (χ1n) is 8.16. The number of anilines is 1. The molecule has 2 aromatic rings. The Balaban J connectivity index is 1.51. The summed E-state index contributed by atoms with van der Waals surface area (Å²) >= 11 is 1.57. The van der Waals surface area contributed by atoms with Crippen LogP contribution < -0.4 is 4.90 Å². The van der Waals surface area contributed by atoms with E-state index in [1.54, 1.807) is 18.1 Å². The maximum absolute atomic E-state index is 12.9. The predicted octanol–water partition coefficient (Wildman–Crippen LogP) is 3.21. The lowest BCUT2D eigenvalue weighted by Gasteiger charge is -2.31. The van der Waals surface area contributed by atoms with Gasteiger partial charge in [0.25, 0.3) is 0 Å². The minimum absolute atomic E-state index is 0.0632. The van der Waals surface area contributed by atoms with Crippen molar-refractivity contribution in [3.05, 3.63) is 36.2 Å². The van der Waals surface area contributed by atoms with E-state index in [1.807, 2.05) is 17.0 Å². The van der Waals surface area contributed by atoms with Crippen molar-refractivity contribution in [3.8, 4) is 0 Å². The zero-order chi connectivity index (χ0) is 15.8. The summed E-state index contributed by atoms with van der Waals surface area (Å²) in [5.41, 5.74) is 2.20. The number of nitrogens with zero attached hydrogens (tertiary/aromatic N) is 4. The predicted molar refractivity (Wildman–Crippen MR) is 90.7 cm³/mol. The summed E-state index contributed by atoms with van der Waals surface area (Å²) in [7, 11) is 0. The maximum Gasteiger partial charge on any atom is 0.240 e. The molecular formula is C17H20N4OS. The number of thioether (sulfide) groups is 1. The highest BCUT2D eigenvalue weighted by Gasteiger charge is 2.33. The van der Waals surface area contributed by atoms with Crippen LogP contribution in [0, 0.1) is 6.92 Å². The van der Waals surface area contributed by atoms with Gasteiger partial charge in [0.05, 0.1) is 5.25 Å². The Morgan fingerprint density at radius 1 is 1.17 bits per heavy atom. The standard InChI is InChI=1S/C17H20N4OS/c1-12-4-6-13(7-5-12)20-10-2-3-15(16(20)22)23-17-19-18-11-21(17)14-8-9-14/h4-7,11,14-15H,2-3,8-10H2,1H3/t15-/m0/s1. The number of rotatable bonds is 4. The second-order valence-corrected chi connectivity index (χ2v) is 7.50. The smallest absolute Gasteiger partial charge is 0.240 e. The number of carbonyl (C=O) groups is 1. The molecule has 1 aliphatic carbocycles. The highest BCUT2D eigenvalue weighted by atomic mass is 32.2. The summed E-state index contributed by atoms with van der Waals surface area (Å²) in [6.07, 6.45) is 6.11. The largest absolute Gasteiger partial charge is 0.311 e. The van der Waals surface area contributed by atoms with Crippen molar-refractivity contribution in [2.24, 2.45) is 0 Å². The Morgan fingerprint density at radius 3 is 2.70 bits per heavy atom. The fourth-order valence-corrected chi connectivity index (χ4v) is 4.16. The van der Waals surface area contributed by atoms with Crippen LogP contribution >= 0.6 is 11.8 Å². The molecule has 6 heteroatoms. The fourth-order valence-electron chi connectivity index (χ4n) is 2.98. The molecule has 1 aliphatic heterocycles. The summed E-state index contributed by atoms with van der Waals surface area (Å²) in [6.45, 7) is 2.86. The average molecular weight is 328 g/mol. The molecule has 0 bridgehead atoms. The van der Waals surface area contributed by atoms with Gasteiger partial charge in [0.2, 0.25) is 5.91 Å². The van der Waals surface area contributed by atoms with Crippen molar-refractivity contribution in [2.75, 3.05) is 11.4 Å². The molecule has 0 radical (unpaired) electrons. The van der Waals surface area contributed by atoms with E-state index in [4.69, 9.17) is 0 Å². The van der Waals surface area contributed by atoms with Crippen molar-refractivity contribution in [1.29, 1.82) is 0 Å². The van der Waals surface area contributed by atoms with Gasteiger partial charge in [0, 0.05) is 18.3 Å². The van der Waals surface area contributed by atoms with E-state index < -0.39 is 0 Å². The Bertz CT molecular complexity index is 708. The zero-order valence-electron chi connectivity index (χ0n) is 13.2. The van der Waals surface area contributed by atoms with Gasteiger partial charge in [-0.1, -0.05) is 29.5 Å². The molecule has 1 atom stereocenters. The number of hydrogen-bond donors (Lipinski definition) is 0. The molecule has 4 rings (SSSR count). The third-order valence-electron chi connectivity index (χ3n) is 4.46. The second-order valence-electron chi connectivity index (χ2n) is 6.33. The Hall–Kier alpha value is -1.82. The van der Waals surface area contributed by atoms with Crippen LogP contribution in [-0.2, 0) is 4.79 Å². The number of piperidine rings is 1. The lowest BCUT2D eigenvalue weighted by Crippen LogP contribution is -2.43. The minimum Gasteiger partial charge on any atom is -0.311 e. The van der Waals surface area contributed by atoms with Crippen LogP contribution in [0.2, 0.25) is 0 Å². The van der Waals surface area contributed by atoms with Crippen LogP contribution in [-0.4, -0.2) is 32.5 Å². The first-order valence-corrected chi connectivity index (χ1v) is 9.04. The molecule has 2 aliphatic rings. The number of carbonyl (C=O) groups excluding carboxylic acids is 1. The van der Waals surface area contributed by atoms with Gasteiger partial charge in [-0.15, -0.1) is 10.2 Å². The van der Waals surface area contributed by atoms with Crippen LogP contribution in [0.4, 0.5) is 5.69 Å². The topological polar surface area (TPSA) is 51.0 Å². The average Bonchev–Trinajstić information content (AvgIpc) is 3.30. The Morgan fingerprint density at radius 2 is 1.96 bits per heavy atom.